The van der Waals surface area contributed by atoms with Crippen molar-refractivity contribution in [2.24, 2.45) is 0 Å². The average molecular weight is 429 g/mol. The molecule has 26 heavy (non-hydrogen) atoms. The van der Waals surface area contributed by atoms with Crippen LogP contribution in [0, 0.1) is 5.82 Å². The van der Waals surface area contributed by atoms with Gasteiger partial charge in [-0.15, -0.1) is 0 Å². The Hall–Kier alpha value is -2.57. The van der Waals surface area contributed by atoms with Gasteiger partial charge in [0.1, 0.15) is 5.82 Å². The first-order valence-corrected chi connectivity index (χ1v) is 8.96. The third kappa shape index (κ3) is 4.53. The zero-order valence-electron chi connectivity index (χ0n) is 13.5. The minimum Gasteiger partial charge on any atom is -0.330 e. The first-order chi connectivity index (χ1) is 12.5. The highest BCUT2D eigenvalue weighted by Gasteiger charge is 2.10. The summed E-state index contributed by atoms with van der Waals surface area (Å²) >= 11 is 8.27. The minimum absolute atomic E-state index is 0.0309. The molecule has 3 nitrogen and oxygen atoms in total. The van der Waals surface area contributed by atoms with Gasteiger partial charge >= 0.3 is 0 Å². The highest BCUT2D eigenvalue weighted by atomic mass is 79.9. The number of amides is 1. The quantitative estimate of drug-likeness (QED) is 0.550. The summed E-state index contributed by atoms with van der Waals surface area (Å²) in [6, 6.07) is 21.6. The van der Waals surface area contributed by atoms with Crippen LogP contribution in [-0.2, 0) is 0 Å². The Morgan fingerprint density at radius 3 is 2.23 bits per heavy atom. The normalized spacial score (nSPS) is 10.2. The second-order valence-corrected chi connectivity index (χ2v) is 6.80. The topological polar surface area (TPSA) is 41.1 Å². The van der Waals surface area contributed by atoms with Crippen LogP contribution in [0.3, 0.4) is 0 Å². The number of carbonyl (C=O) groups excluding carboxylic acids is 1. The molecule has 0 aliphatic rings. The largest absolute Gasteiger partial charge is 0.330 e. The van der Waals surface area contributed by atoms with Crippen LogP contribution in [0.1, 0.15) is 10.4 Å². The van der Waals surface area contributed by atoms with Gasteiger partial charge in [0, 0.05) is 10.0 Å². The summed E-state index contributed by atoms with van der Waals surface area (Å²) in [5.41, 5.74) is 2.74. The van der Waals surface area contributed by atoms with Gasteiger partial charge in [0.25, 0.3) is 5.91 Å². The molecular formula is C20H14BrFN2OS. The van der Waals surface area contributed by atoms with Crippen molar-refractivity contribution in [3.05, 3.63) is 88.6 Å². The molecule has 0 bridgehead atoms. The molecule has 0 aliphatic heterocycles. The third-order valence-corrected chi connectivity index (χ3v) is 4.36. The summed E-state index contributed by atoms with van der Waals surface area (Å²) in [7, 11) is 0. The van der Waals surface area contributed by atoms with E-state index in [-0.39, 0.29) is 16.7 Å². The van der Waals surface area contributed by atoms with Gasteiger partial charge in [0.05, 0.1) is 5.69 Å². The van der Waals surface area contributed by atoms with Crippen LogP contribution in [0.2, 0.25) is 0 Å². The van der Waals surface area contributed by atoms with Gasteiger partial charge in [-0.05, 0) is 53.7 Å². The molecule has 3 aromatic carbocycles. The second-order valence-electron chi connectivity index (χ2n) is 5.48. The van der Waals surface area contributed by atoms with Gasteiger partial charge in [-0.3, -0.25) is 10.1 Å². The maximum absolute atomic E-state index is 13.8. The van der Waals surface area contributed by atoms with E-state index >= 15 is 0 Å². The van der Waals surface area contributed by atoms with Gasteiger partial charge in [-0.25, -0.2) is 4.39 Å². The van der Waals surface area contributed by atoms with Crippen LogP contribution < -0.4 is 10.6 Å². The van der Waals surface area contributed by atoms with E-state index in [0.717, 1.165) is 11.1 Å². The number of anilines is 1. The lowest BCUT2D eigenvalue weighted by atomic mass is 10.0. The first-order valence-electron chi connectivity index (χ1n) is 7.76. The molecule has 0 saturated heterocycles. The van der Waals surface area contributed by atoms with Crippen molar-refractivity contribution < 1.29 is 9.18 Å². The predicted molar refractivity (Wildman–Crippen MR) is 110 cm³/mol. The summed E-state index contributed by atoms with van der Waals surface area (Å²) in [6.45, 7) is 0. The van der Waals surface area contributed by atoms with Crippen molar-refractivity contribution in [3.8, 4) is 11.1 Å². The summed E-state index contributed by atoms with van der Waals surface area (Å²) in [6.07, 6.45) is 0. The fraction of sp³-hybridized carbons (Fsp3) is 0. The lowest BCUT2D eigenvalue weighted by molar-refractivity contribution is 0.0977. The van der Waals surface area contributed by atoms with Crippen molar-refractivity contribution in [2.45, 2.75) is 0 Å². The second kappa shape index (κ2) is 8.21. The Kier molecular flexibility index (Phi) is 5.75. The molecule has 0 unspecified atom stereocenters. The molecule has 0 radical (unpaired) electrons. The van der Waals surface area contributed by atoms with E-state index in [4.69, 9.17) is 12.2 Å². The molecule has 0 atom stereocenters. The summed E-state index contributed by atoms with van der Waals surface area (Å²) in [5, 5.41) is 5.26. The summed E-state index contributed by atoms with van der Waals surface area (Å²) in [5.74, 6) is -0.831. The van der Waals surface area contributed by atoms with E-state index in [1.165, 1.54) is 12.1 Å². The van der Waals surface area contributed by atoms with Crippen molar-refractivity contribution in [1.82, 2.24) is 5.32 Å². The van der Waals surface area contributed by atoms with Gasteiger partial charge in [-0.2, -0.15) is 0 Å². The third-order valence-electron chi connectivity index (χ3n) is 3.66. The summed E-state index contributed by atoms with van der Waals surface area (Å²) < 4.78 is 14.4. The first kappa shape index (κ1) is 18.2. The SMILES string of the molecule is O=C(NC(=S)Nc1ccc(Br)cc1F)c1ccc(-c2ccccc2)cc1. The van der Waals surface area contributed by atoms with Gasteiger partial charge < -0.3 is 5.32 Å². The van der Waals surface area contributed by atoms with E-state index < -0.39 is 5.82 Å². The maximum Gasteiger partial charge on any atom is 0.257 e. The van der Waals surface area contributed by atoms with Crippen LogP contribution in [0.25, 0.3) is 11.1 Å². The molecule has 0 fully saturated rings. The Labute approximate surface area is 164 Å². The van der Waals surface area contributed by atoms with E-state index in [2.05, 4.69) is 26.6 Å². The number of hydrogen-bond donors (Lipinski definition) is 2. The van der Waals surface area contributed by atoms with Gasteiger partial charge in [0.2, 0.25) is 0 Å². The number of thiocarbonyl (C=S) groups is 1. The van der Waals surface area contributed by atoms with Gasteiger partial charge in [0.15, 0.2) is 5.11 Å². The molecule has 0 aliphatic carbocycles. The van der Waals surface area contributed by atoms with Crippen molar-refractivity contribution in [3.63, 3.8) is 0 Å². The van der Waals surface area contributed by atoms with E-state index in [1.807, 2.05) is 42.5 Å². The number of hydrogen-bond acceptors (Lipinski definition) is 2. The lowest BCUT2D eigenvalue weighted by Gasteiger charge is -2.11. The minimum atomic E-state index is -0.469. The molecule has 0 spiro atoms. The van der Waals surface area contributed by atoms with Crippen LogP contribution in [0.5, 0.6) is 0 Å². The molecule has 0 aromatic heterocycles. The molecular weight excluding hydrogens is 415 g/mol. The van der Waals surface area contributed by atoms with Crippen LogP contribution in [0.15, 0.2) is 77.3 Å². The van der Waals surface area contributed by atoms with Crippen molar-refractivity contribution in [2.75, 3.05) is 5.32 Å². The molecule has 1 amide bonds. The Morgan fingerprint density at radius 1 is 0.923 bits per heavy atom. The van der Waals surface area contributed by atoms with Crippen LogP contribution in [0.4, 0.5) is 10.1 Å². The zero-order chi connectivity index (χ0) is 18.5. The molecule has 6 heteroatoms. The molecule has 0 heterocycles. The molecule has 3 rings (SSSR count). The predicted octanol–water partition coefficient (Wildman–Crippen LogP) is 5.38. The smallest absolute Gasteiger partial charge is 0.257 e. The highest BCUT2D eigenvalue weighted by molar-refractivity contribution is 9.10. The number of carbonyl (C=O) groups is 1. The lowest BCUT2D eigenvalue weighted by Crippen LogP contribution is -2.34. The molecule has 130 valence electrons. The highest BCUT2D eigenvalue weighted by Crippen LogP contribution is 2.20. The van der Waals surface area contributed by atoms with Crippen LogP contribution >= 0.6 is 28.1 Å². The van der Waals surface area contributed by atoms with Crippen molar-refractivity contribution in [1.29, 1.82) is 0 Å². The maximum atomic E-state index is 13.8. The fourth-order valence-electron chi connectivity index (χ4n) is 2.36. The summed E-state index contributed by atoms with van der Waals surface area (Å²) in [4.78, 5) is 12.3. The van der Waals surface area contributed by atoms with Crippen molar-refractivity contribution >= 4 is 44.9 Å². The van der Waals surface area contributed by atoms with Gasteiger partial charge in [-0.1, -0.05) is 58.4 Å². The average Bonchev–Trinajstić information content (AvgIpc) is 2.65. The zero-order valence-corrected chi connectivity index (χ0v) is 15.9. The number of rotatable bonds is 3. The number of benzene rings is 3. The monoisotopic (exact) mass is 428 g/mol. The molecule has 2 N–H and O–H groups in total. The van der Waals surface area contributed by atoms with Crippen LogP contribution in [-0.4, -0.2) is 11.0 Å². The number of nitrogens with one attached hydrogen (secondary N) is 2. The van der Waals surface area contributed by atoms with E-state index in [0.29, 0.717) is 10.0 Å². The fourth-order valence-corrected chi connectivity index (χ4v) is 2.90. The Balaban J connectivity index is 1.65. The number of halogens is 2. The van der Waals surface area contributed by atoms with E-state index in [1.54, 1.807) is 18.2 Å². The Morgan fingerprint density at radius 2 is 1.58 bits per heavy atom. The standard InChI is InChI=1S/C20H14BrFN2OS/c21-16-10-11-18(17(22)12-16)23-20(26)24-19(25)15-8-6-14(7-9-15)13-4-2-1-3-5-13/h1-12H,(H2,23,24,25,26). The van der Waals surface area contributed by atoms with E-state index in [9.17, 15) is 9.18 Å². The molecule has 0 saturated carbocycles. The Bertz CT molecular complexity index is 946. The molecule has 3 aromatic rings.